The number of anilines is 1. The number of tetrazole rings is 1. The van der Waals surface area contributed by atoms with Crippen LogP contribution in [0, 0.1) is 6.92 Å². The van der Waals surface area contributed by atoms with E-state index in [1.807, 2.05) is 6.92 Å². The molecule has 22 heavy (non-hydrogen) atoms. The Labute approximate surface area is 124 Å². The minimum atomic E-state index is -0.428. The summed E-state index contributed by atoms with van der Waals surface area (Å²) in [7, 11) is 0. The van der Waals surface area contributed by atoms with Gasteiger partial charge in [0, 0.05) is 18.1 Å². The quantitative estimate of drug-likeness (QED) is 0.747. The van der Waals surface area contributed by atoms with E-state index in [1.54, 1.807) is 36.5 Å². The molecule has 0 fully saturated rings. The number of rotatable bonds is 3. The number of hydrogen-bond donors (Lipinski definition) is 2. The molecule has 1 amide bonds. The van der Waals surface area contributed by atoms with Gasteiger partial charge >= 0.3 is 5.69 Å². The van der Waals surface area contributed by atoms with Crippen molar-refractivity contribution in [3.05, 3.63) is 64.3 Å². The van der Waals surface area contributed by atoms with Crippen LogP contribution in [0.15, 0.2) is 47.5 Å². The number of nitrogens with one attached hydrogen (secondary N) is 2. The van der Waals surface area contributed by atoms with Gasteiger partial charge in [-0.1, -0.05) is 0 Å². The normalized spacial score (nSPS) is 10.4. The lowest BCUT2D eigenvalue weighted by Crippen LogP contribution is -2.16. The first-order chi connectivity index (χ1) is 10.6. The summed E-state index contributed by atoms with van der Waals surface area (Å²) in [5, 5.41) is 12.0. The van der Waals surface area contributed by atoms with E-state index in [0.29, 0.717) is 16.9 Å². The highest BCUT2D eigenvalue weighted by Gasteiger charge is 2.07. The maximum atomic E-state index is 12.1. The fourth-order valence-corrected chi connectivity index (χ4v) is 1.94. The van der Waals surface area contributed by atoms with Crippen LogP contribution in [0.3, 0.4) is 0 Å². The Morgan fingerprint density at radius 2 is 2.00 bits per heavy atom. The zero-order chi connectivity index (χ0) is 15.5. The van der Waals surface area contributed by atoms with Gasteiger partial charge in [-0.3, -0.25) is 9.78 Å². The summed E-state index contributed by atoms with van der Waals surface area (Å²) in [5.74, 6) is -0.248. The van der Waals surface area contributed by atoms with E-state index in [0.717, 1.165) is 10.2 Å². The monoisotopic (exact) mass is 296 g/mol. The minimum absolute atomic E-state index is 0.248. The van der Waals surface area contributed by atoms with Crippen LogP contribution in [-0.4, -0.2) is 31.1 Å². The molecule has 8 nitrogen and oxygen atoms in total. The number of carbonyl (C=O) groups is 1. The topological polar surface area (TPSA) is 106 Å². The molecule has 0 unspecified atom stereocenters. The van der Waals surface area contributed by atoms with Crippen molar-refractivity contribution in [2.24, 2.45) is 0 Å². The van der Waals surface area contributed by atoms with Crippen molar-refractivity contribution in [2.45, 2.75) is 6.92 Å². The number of amides is 1. The lowest BCUT2D eigenvalue weighted by Gasteiger charge is -2.06. The maximum Gasteiger partial charge on any atom is 0.365 e. The summed E-state index contributed by atoms with van der Waals surface area (Å²) in [6.45, 7) is 1.87. The van der Waals surface area contributed by atoms with Gasteiger partial charge < -0.3 is 5.32 Å². The van der Waals surface area contributed by atoms with Gasteiger partial charge in [0.2, 0.25) is 0 Å². The van der Waals surface area contributed by atoms with Crippen molar-refractivity contribution >= 4 is 11.6 Å². The number of hydrogen-bond acceptors (Lipinski definition) is 5. The predicted molar refractivity (Wildman–Crippen MR) is 78.9 cm³/mol. The Morgan fingerprint density at radius 3 is 2.64 bits per heavy atom. The van der Waals surface area contributed by atoms with Crippen molar-refractivity contribution in [1.29, 1.82) is 0 Å². The SMILES string of the molecule is Cc1cncc(C(=O)Nc2ccc(-n3nn[nH]c3=O)cc2)c1. The van der Waals surface area contributed by atoms with E-state index in [2.05, 4.69) is 25.8 Å². The van der Waals surface area contributed by atoms with E-state index < -0.39 is 5.69 Å². The molecule has 1 aromatic carbocycles. The summed E-state index contributed by atoms with van der Waals surface area (Å²) < 4.78 is 1.12. The molecule has 0 spiro atoms. The number of aromatic amines is 1. The summed E-state index contributed by atoms with van der Waals surface area (Å²) >= 11 is 0. The smallest absolute Gasteiger partial charge is 0.322 e. The third kappa shape index (κ3) is 2.75. The Bertz CT molecular complexity index is 865. The Morgan fingerprint density at radius 1 is 1.23 bits per heavy atom. The Hall–Kier alpha value is -3.29. The third-order valence-electron chi connectivity index (χ3n) is 2.98. The number of pyridine rings is 1. The zero-order valence-corrected chi connectivity index (χ0v) is 11.6. The van der Waals surface area contributed by atoms with Gasteiger partial charge in [0.15, 0.2) is 0 Å². The molecule has 8 heteroatoms. The molecule has 2 aromatic heterocycles. The van der Waals surface area contributed by atoms with Crippen LogP contribution in [0.25, 0.3) is 5.69 Å². The average Bonchev–Trinajstić information content (AvgIpc) is 2.94. The second kappa shape index (κ2) is 5.60. The number of benzene rings is 1. The predicted octanol–water partition coefficient (Wildman–Crippen LogP) is 0.911. The molecule has 2 N–H and O–H groups in total. The van der Waals surface area contributed by atoms with Crippen molar-refractivity contribution < 1.29 is 4.79 Å². The molecular formula is C14H12N6O2. The molecule has 2 heterocycles. The van der Waals surface area contributed by atoms with Gasteiger partial charge in [-0.2, -0.15) is 4.68 Å². The van der Waals surface area contributed by atoms with Crippen LogP contribution in [0.1, 0.15) is 15.9 Å². The lowest BCUT2D eigenvalue weighted by molar-refractivity contribution is 0.102. The first-order valence-corrected chi connectivity index (χ1v) is 6.47. The van der Waals surface area contributed by atoms with Gasteiger partial charge in [-0.15, -0.1) is 0 Å². The molecule has 3 rings (SSSR count). The van der Waals surface area contributed by atoms with E-state index >= 15 is 0 Å². The van der Waals surface area contributed by atoms with Crippen molar-refractivity contribution in [2.75, 3.05) is 5.32 Å². The van der Waals surface area contributed by atoms with E-state index in [4.69, 9.17) is 0 Å². The van der Waals surface area contributed by atoms with Gasteiger partial charge in [-0.25, -0.2) is 9.89 Å². The zero-order valence-electron chi connectivity index (χ0n) is 11.6. The van der Waals surface area contributed by atoms with Crippen molar-refractivity contribution in [1.82, 2.24) is 25.2 Å². The molecule has 0 aliphatic heterocycles. The number of aryl methyl sites for hydroxylation is 1. The van der Waals surface area contributed by atoms with Gasteiger partial charge in [-0.05, 0) is 53.2 Å². The molecule has 0 aliphatic rings. The highest BCUT2D eigenvalue weighted by Crippen LogP contribution is 2.13. The molecule has 0 atom stereocenters. The van der Waals surface area contributed by atoms with Crippen LogP contribution < -0.4 is 11.0 Å². The second-order valence-corrected chi connectivity index (χ2v) is 4.67. The van der Waals surface area contributed by atoms with Crippen LogP contribution in [-0.2, 0) is 0 Å². The highest BCUT2D eigenvalue weighted by molar-refractivity contribution is 6.04. The summed E-state index contributed by atoms with van der Waals surface area (Å²) in [4.78, 5) is 27.5. The van der Waals surface area contributed by atoms with Gasteiger partial charge in [0.25, 0.3) is 5.91 Å². The van der Waals surface area contributed by atoms with E-state index in [1.165, 1.54) is 6.20 Å². The number of aromatic nitrogens is 5. The standard InChI is InChI=1S/C14H12N6O2/c1-9-6-10(8-15-7-9)13(21)16-11-2-4-12(5-3-11)20-14(22)17-18-19-20/h2-8H,1H3,(H,16,21)(H,17,19,22). The molecular weight excluding hydrogens is 284 g/mol. The van der Waals surface area contributed by atoms with Gasteiger partial charge in [0.05, 0.1) is 11.3 Å². The fraction of sp³-hybridized carbons (Fsp3) is 0.0714. The number of carbonyl (C=O) groups excluding carboxylic acids is 1. The number of nitrogens with zero attached hydrogens (tertiary/aromatic N) is 4. The summed E-state index contributed by atoms with van der Waals surface area (Å²) in [6.07, 6.45) is 3.19. The molecule has 110 valence electrons. The molecule has 0 aliphatic carbocycles. The van der Waals surface area contributed by atoms with Gasteiger partial charge in [0.1, 0.15) is 0 Å². The molecule has 0 saturated carbocycles. The minimum Gasteiger partial charge on any atom is -0.322 e. The lowest BCUT2D eigenvalue weighted by atomic mass is 10.2. The van der Waals surface area contributed by atoms with Crippen LogP contribution in [0.2, 0.25) is 0 Å². The molecule has 3 aromatic rings. The van der Waals surface area contributed by atoms with Crippen LogP contribution in [0.5, 0.6) is 0 Å². The number of H-pyrrole nitrogens is 1. The fourth-order valence-electron chi connectivity index (χ4n) is 1.94. The summed E-state index contributed by atoms with van der Waals surface area (Å²) in [5.41, 5.74) is 2.12. The molecule has 0 bridgehead atoms. The first-order valence-electron chi connectivity index (χ1n) is 6.47. The Kier molecular flexibility index (Phi) is 3.48. The summed E-state index contributed by atoms with van der Waals surface area (Å²) in [6, 6.07) is 8.43. The van der Waals surface area contributed by atoms with Crippen LogP contribution >= 0.6 is 0 Å². The van der Waals surface area contributed by atoms with E-state index in [-0.39, 0.29) is 5.91 Å². The first kappa shape index (κ1) is 13.7. The average molecular weight is 296 g/mol. The molecule has 0 radical (unpaired) electrons. The molecule has 0 saturated heterocycles. The second-order valence-electron chi connectivity index (χ2n) is 4.67. The van der Waals surface area contributed by atoms with Crippen molar-refractivity contribution in [3.8, 4) is 5.69 Å². The third-order valence-corrected chi connectivity index (χ3v) is 2.98. The maximum absolute atomic E-state index is 12.1. The van der Waals surface area contributed by atoms with E-state index in [9.17, 15) is 9.59 Å². The van der Waals surface area contributed by atoms with Crippen LogP contribution in [0.4, 0.5) is 5.69 Å². The largest absolute Gasteiger partial charge is 0.365 e. The van der Waals surface area contributed by atoms with Crippen molar-refractivity contribution in [3.63, 3.8) is 0 Å². The highest BCUT2D eigenvalue weighted by atomic mass is 16.2. The Balaban J connectivity index is 1.78.